The maximum absolute atomic E-state index is 12.2. The molecule has 0 aliphatic heterocycles. The minimum atomic E-state index is 0.0264. The van der Waals surface area contributed by atoms with E-state index in [0.29, 0.717) is 13.0 Å². The van der Waals surface area contributed by atoms with Gasteiger partial charge in [-0.25, -0.2) is 0 Å². The molecule has 3 nitrogen and oxygen atoms in total. The standard InChI is InChI=1S/C23H29NO2/c1-3-18-8-12-22(13-9-18)26-15-14-23(25)24-17(2)20-11-10-19-6-4-5-7-21(19)16-20/h8-13,16-17H,3-7,14-15H2,1-2H3,(H,24,25). The van der Waals surface area contributed by atoms with Crippen molar-refractivity contribution in [2.24, 2.45) is 0 Å². The van der Waals surface area contributed by atoms with E-state index in [9.17, 15) is 4.79 Å². The third-order valence-corrected chi connectivity index (χ3v) is 5.18. The first kappa shape index (κ1) is 18.5. The highest BCUT2D eigenvalue weighted by Crippen LogP contribution is 2.24. The Bertz CT molecular complexity index is 736. The average molecular weight is 351 g/mol. The molecule has 26 heavy (non-hydrogen) atoms. The molecule has 1 unspecified atom stereocenters. The summed E-state index contributed by atoms with van der Waals surface area (Å²) in [5.74, 6) is 0.845. The molecule has 0 bridgehead atoms. The Labute approximate surface area is 156 Å². The molecule has 1 N–H and O–H groups in total. The molecular formula is C23H29NO2. The molecule has 138 valence electrons. The largest absolute Gasteiger partial charge is 0.493 e. The van der Waals surface area contributed by atoms with Gasteiger partial charge in [0, 0.05) is 0 Å². The lowest BCUT2D eigenvalue weighted by Gasteiger charge is -2.20. The summed E-state index contributed by atoms with van der Waals surface area (Å²) < 4.78 is 5.68. The van der Waals surface area contributed by atoms with Gasteiger partial charge in [0.05, 0.1) is 19.1 Å². The molecule has 1 aliphatic rings. The lowest BCUT2D eigenvalue weighted by molar-refractivity contribution is -0.122. The number of carbonyl (C=O) groups excluding carboxylic acids is 1. The normalized spacial score (nSPS) is 14.4. The highest BCUT2D eigenvalue weighted by molar-refractivity contribution is 5.76. The van der Waals surface area contributed by atoms with E-state index in [1.165, 1.54) is 41.5 Å². The molecule has 1 aliphatic carbocycles. The Hall–Kier alpha value is -2.29. The molecule has 2 aromatic rings. The van der Waals surface area contributed by atoms with E-state index in [1.54, 1.807) is 0 Å². The molecule has 0 radical (unpaired) electrons. The molecule has 0 fully saturated rings. The van der Waals surface area contributed by atoms with Crippen molar-refractivity contribution in [1.29, 1.82) is 0 Å². The second-order valence-electron chi connectivity index (χ2n) is 7.12. The first-order valence-corrected chi connectivity index (χ1v) is 9.78. The number of benzene rings is 2. The van der Waals surface area contributed by atoms with Crippen molar-refractivity contribution in [3.8, 4) is 5.75 Å². The van der Waals surface area contributed by atoms with Crippen molar-refractivity contribution in [1.82, 2.24) is 5.32 Å². The van der Waals surface area contributed by atoms with Gasteiger partial charge in [0.25, 0.3) is 0 Å². The predicted octanol–water partition coefficient (Wildman–Crippen LogP) is 4.77. The summed E-state index contributed by atoms with van der Waals surface area (Å²) in [7, 11) is 0. The van der Waals surface area contributed by atoms with Gasteiger partial charge in [-0.1, -0.05) is 37.3 Å². The third kappa shape index (κ3) is 4.87. The Balaban J connectivity index is 1.46. The summed E-state index contributed by atoms with van der Waals surface area (Å²) in [5.41, 5.74) is 5.40. The first-order chi connectivity index (χ1) is 12.7. The van der Waals surface area contributed by atoms with Gasteiger partial charge >= 0.3 is 0 Å². The maximum Gasteiger partial charge on any atom is 0.223 e. The topological polar surface area (TPSA) is 38.3 Å². The van der Waals surface area contributed by atoms with Crippen LogP contribution in [0, 0.1) is 0 Å². The highest BCUT2D eigenvalue weighted by atomic mass is 16.5. The third-order valence-electron chi connectivity index (χ3n) is 5.18. The number of fused-ring (bicyclic) bond motifs is 1. The molecule has 0 heterocycles. The van der Waals surface area contributed by atoms with Crippen molar-refractivity contribution in [3.63, 3.8) is 0 Å². The maximum atomic E-state index is 12.2. The van der Waals surface area contributed by atoms with Gasteiger partial charge in [0.2, 0.25) is 5.91 Å². The van der Waals surface area contributed by atoms with Gasteiger partial charge in [0.15, 0.2) is 0 Å². The van der Waals surface area contributed by atoms with Crippen LogP contribution in [0.2, 0.25) is 0 Å². The van der Waals surface area contributed by atoms with E-state index in [-0.39, 0.29) is 11.9 Å². The molecule has 1 amide bonds. The molecule has 0 saturated carbocycles. The predicted molar refractivity (Wildman–Crippen MR) is 106 cm³/mol. The lowest BCUT2D eigenvalue weighted by Crippen LogP contribution is -2.28. The molecule has 3 heteroatoms. The van der Waals surface area contributed by atoms with E-state index in [4.69, 9.17) is 4.74 Å². The highest BCUT2D eigenvalue weighted by Gasteiger charge is 2.14. The van der Waals surface area contributed by atoms with Crippen molar-refractivity contribution < 1.29 is 9.53 Å². The molecule has 3 rings (SSSR count). The zero-order valence-electron chi connectivity index (χ0n) is 15.9. The number of rotatable bonds is 7. The van der Waals surface area contributed by atoms with Crippen molar-refractivity contribution in [3.05, 3.63) is 64.7 Å². The summed E-state index contributed by atoms with van der Waals surface area (Å²) in [4.78, 5) is 12.2. The van der Waals surface area contributed by atoms with Crippen LogP contribution in [0.3, 0.4) is 0 Å². The van der Waals surface area contributed by atoms with E-state index < -0.39 is 0 Å². The number of nitrogens with one attached hydrogen (secondary N) is 1. The Morgan fingerprint density at radius 1 is 1.08 bits per heavy atom. The Kier molecular flexibility index (Phi) is 6.32. The summed E-state index contributed by atoms with van der Waals surface area (Å²) >= 11 is 0. The summed E-state index contributed by atoms with van der Waals surface area (Å²) in [6.45, 7) is 4.57. The number of hydrogen-bond acceptors (Lipinski definition) is 2. The van der Waals surface area contributed by atoms with Gasteiger partial charge in [-0.3, -0.25) is 4.79 Å². The number of aryl methyl sites for hydroxylation is 3. The van der Waals surface area contributed by atoms with Gasteiger partial charge in [-0.15, -0.1) is 0 Å². The van der Waals surface area contributed by atoms with Crippen LogP contribution >= 0.6 is 0 Å². The van der Waals surface area contributed by atoms with Crippen LogP contribution in [0.1, 0.15) is 61.4 Å². The van der Waals surface area contributed by atoms with Crippen LogP contribution in [0.25, 0.3) is 0 Å². The second kappa shape index (κ2) is 8.88. The SMILES string of the molecule is CCc1ccc(OCCC(=O)NC(C)c2ccc3c(c2)CCCC3)cc1. The quantitative estimate of drug-likeness (QED) is 0.780. The monoisotopic (exact) mass is 351 g/mol. The van der Waals surface area contributed by atoms with Crippen LogP contribution in [-0.2, 0) is 24.1 Å². The van der Waals surface area contributed by atoms with Gasteiger partial charge in [0.1, 0.15) is 5.75 Å². The van der Waals surface area contributed by atoms with Crippen molar-refractivity contribution in [2.45, 2.75) is 58.4 Å². The van der Waals surface area contributed by atoms with Crippen LogP contribution < -0.4 is 10.1 Å². The second-order valence-corrected chi connectivity index (χ2v) is 7.12. The van der Waals surface area contributed by atoms with Crippen LogP contribution in [-0.4, -0.2) is 12.5 Å². The number of amides is 1. The zero-order valence-corrected chi connectivity index (χ0v) is 15.9. The molecule has 1 atom stereocenters. The Morgan fingerprint density at radius 3 is 2.54 bits per heavy atom. The van der Waals surface area contributed by atoms with Gasteiger partial charge in [-0.2, -0.15) is 0 Å². The van der Waals surface area contributed by atoms with Gasteiger partial charge < -0.3 is 10.1 Å². The fourth-order valence-electron chi connectivity index (χ4n) is 3.50. The molecule has 0 aromatic heterocycles. The molecule has 0 saturated heterocycles. The smallest absolute Gasteiger partial charge is 0.223 e. The summed E-state index contributed by atoms with van der Waals surface area (Å²) in [5, 5.41) is 3.09. The van der Waals surface area contributed by atoms with E-state index in [0.717, 1.165) is 18.6 Å². The van der Waals surface area contributed by atoms with Crippen LogP contribution in [0.4, 0.5) is 0 Å². The summed E-state index contributed by atoms with van der Waals surface area (Å²) in [6.07, 6.45) is 6.29. The van der Waals surface area contributed by atoms with Gasteiger partial charge in [-0.05, 0) is 73.4 Å². The van der Waals surface area contributed by atoms with E-state index in [1.807, 2.05) is 19.1 Å². The minimum absolute atomic E-state index is 0.0264. The fourth-order valence-corrected chi connectivity index (χ4v) is 3.50. The van der Waals surface area contributed by atoms with Crippen LogP contribution in [0.5, 0.6) is 5.75 Å². The number of carbonyl (C=O) groups is 1. The molecule has 2 aromatic carbocycles. The molecular weight excluding hydrogens is 322 g/mol. The van der Waals surface area contributed by atoms with E-state index >= 15 is 0 Å². The fraction of sp³-hybridized carbons (Fsp3) is 0.435. The average Bonchev–Trinajstić information content (AvgIpc) is 2.68. The summed E-state index contributed by atoms with van der Waals surface area (Å²) in [6, 6.07) is 14.7. The number of hydrogen-bond donors (Lipinski definition) is 1. The van der Waals surface area contributed by atoms with Crippen molar-refractivity contribution >= 4 is 5.91 Å². The molecule has 0 spiro atoms. The lowest BCUT2D eigenvalue weighted by atomic mass is 9.89. The van der Waals surface area contributed by atoms with E-state index in [2.05, 4.69) is 42.6 Å². The Morgan fingerprint density at radius 2 is 1.81 bits per heavy atom. The zero-order chi connectivity index (χ0) is 18.4. The first-order valence-electron chi connectivity index (χ1n) is 9.78. The van der Waals surface area contributed by atoms with Crippen molar-refractivity contribution in [2.75, 3.05) is 6.61 Å². The van der Waals surface area contributed by atoms with Crippen LogP contribution in [0.15, 0.2) is 42.5 Å². The minimum Gasteiger partial charge on any atom is -0.493 e. The number of ether oxygens (including phenoxy) is 1.